The van der Waals surface area contributed by atoms with E-state index in [1.54, 1.807) is 13.0 Å². The fraction of sp³-hybridized carbons (Fsp3) is 0.250. The van der Waals surface area contributed by atoms with Crippen molar-refractivity contribution in [2.75, 3.05) is 10.5 Å². The number of fused-ring (bicyclic) bond motifs is 3. The number of rotatable bonds is 4. The topological polar surface area (TPSA) is 62.0 Å². The molecule has 0 amide bonds. The first-order valence-electron chi connectivity index (χ1n) is 7.08. The number of benzene rings is 2. The van der Waals surface area contributed by atoms with Crippen LogP contribution in [0.5, 0.6) is 0 Å². The van der Waals surface area contributed by atoms with Crippen LogP contribution < -0.4 is 4.72 Å². The Morgan fingerprint density at radius 1 is 1.10 bits per heavy atom. The van der Waals surface area contributed by atoms with Crippen LogP contribution in [0.4, 0.5) is 5.69 Å². The molecule has 0 unspecified atom stereocenters. The molecule has 0 aliphatic rings. The Kier molecular flexibility index (Phi) is 3.37. The van der Waals surface area contributed by atoms with Gasteiger partial charge in [-0.2, -0.15) is 0 Å². The Morgan fingerprint density at radius 2 is 1.90 bits per heavy atom. The molecule has 3 rings (SSSR count). The number of aromatic amines is 1. The molecule has 5 heteroatoms. The Balaban J connectivity index is 2.17. The van der Waals surface area contributed by atoms with Crippen LogP contribution in [-0.4, -0.2) is 19.2 Å². The molecule has 4 nitrogen and oxygen atoms in total. The number of H-pyrrole nitrogens is 1. The summed E-state index contributed by atoms with van der Waals surface area (Å²) in [4.78, 5) is 3.41. The molecule has 0 fully saturated rings. The second-order valence-corrected chi connectivity index (χ2v) is 7.10. The van der Waals surface area contributed by atoms with Crippen molar-refractivity contribution in [1.29, 1.82) is 0 Å². The van der Waals surface area contributed by atoms with Gasteiger partial charge in [0.25, 0.3) is 0 Å². The van der Waals surface area contributed by atoms with E-state index in [2.05, 4.69) is 34.8 Å². The van der Waals surface area contributed by atoms with Crippen molar-refractivity contribution in [1.82, 2.24) is 4.98 Å². The average Bonchev–Trinajstić information content (AvgIpc) is 2.84. The number of hydrogen-bond acceptors (Lipinski definition) is 2. The minimum Gasteiger partial charge on any atom is -0.354 e. The number of sulfonamides is 1. The molecule has 0 aliphatic heterocycles. The van der Waals surface area contributed by atoms with Gasteiger partial charge in [-0.15, -0.1) is 0 Å². The summed E-state index contributed by atoms with van der Waals surface area (Å²) >= 11 is 0. The molecule has 1 heterocycles. The van der Waals surface area contributed by atoms with Gasteiger partial charge in [0.05, 0.1) is 11.4 Å². The maximum absolute atomic E-state index is 11.7. The van der Waals surface area contributed by atoms with Gasteiger partial charge < -0.3 is 4.98 Å². The van der Waals surface area contributed by atoms with Gasteiger partial charge in [-0.1, -0.05) is 31.2 Å². The molecule has 0 atom stereocenters. The molecular formula is C16H18N2O2S. The highest BCUT2D eigenvalue weighted by Gasteiger charge is 2.10. The molecule has 0 spiro atoms. The largest absolute Gasteiger partial charge is 0.354 e. The van der Waals surface area contributed by atoms with Crippen molar-refractivity contribution in [2.24, 2.45) is 0 Å². The van der Waals surface area contributed by atoms with Crippen LogP contribution in [-0.2, 0) is 16.4 Å². The van der Waals surface area contributed by atoms with Crippen molar-refractivity contribution in [3.8, 4) is 0 Å². The lowest BCUT2D eigenvalue weighted by atomic mass is 10.1. The second kappa shape index (κ2) is 5.07. The fourth-order valence-electron chi connectivity index (χ4n) is 2.60. The third kappa shape index (κ3) is 2.49. The zero-order valence-corrected chi connectivity index (χ0v) is 12.9. The first-order chi connectivity index (χ1) is 10.0. The lowest BCUT2D eigenvalue weighted by molar-refractivity contribution is 0.602. The van der Waals surface area contributed by atoms with Crippen LogP contribution in [0.2, 0.25) is 0 Å². The molecule has 2 aromatic carbocycles. The van der Waals surface area contributed by atoms with Gasteiger partial charge in [-0.25, -0.2) is 8.42 Å². The molecule has 2 N–H and O–H groups in total. The zero-order chi connectivity index (χ0) is 15.0. The summed E-state index contributed by atoms with van der Waals surface area (Å²) in [5.74, 6) is 0.0672. The summed E-state index contributed by atoms with van der Waals surface area (Å²) in [6.07, 6.45) is 0.958. The first-order valence-corrected chi connectivity index (χ1v) is 8.73. The van der Waals surface area contributed by atoms with Crippen molar-refractivity contribution in [2.45, 2.75) is 20.3 Å². The van der Waals surface area contributed by atoms with E-state index in [1.165, 1.54) is 10.9 Å². The lowest BCUT2D eigenvalue weighted by Gasteiger charge is -2.05. The highest BCUT2D eigenvalue weighted by atomic mass is 32.2. The van der Waals surface area contributed by atoms with Gasteiger partial charge in [-0.05, 0) is 31.0 Å². The van der Waals surface area contributed by atoms with E-state index in [0.29, 0.717) is 5.69 Å². The van der Waals surface area contributed by atoms with E-state index < -0.39 is 10.0 Å². The van der Waals surface area contributed by atoms with Gasteiger partial charge >= 0.3 is 0 Å². The standard InChI is InChI=1S/C16H18N2O2S/c1-3-11-6-5-7-14-13-9-8-12(18-21(19,20)4-2)10-15(13)17-16(11)14/h5-10,17-18H,3-4H2,1-2H3. The van der Waals surface area contributed by atoms with Crippen LogP contribution in [0.25, 0.3) is 21.8 Å². The van der Waals surface area contributed by atoms with Crippen LogP contribution >= 0.6 is 0 Å². The number of aryl methyl sites for hydroxylation is 1. The predicted octanol–water partition coefficient (Wildman–Crippen LogP) is 3.65. The molecule has 0 aliphatic carbocycles. The van der Waals surface area contributed by atoms with E-state index in [1.807, 2.05) is 12.1 Å². The van der Waals surface area contributed by atoms with Gasteiger partial charge in [0.15, 0.2) is 0 Å². The van der Waals surface area contributed by atoms with Crippen molar-refractivity contribution < 1.29 is 8.42 Å². The van der Waals surface area contributed by atoms with Crippen LogP contribution in [0.15, 0.2) is 36.4 Å². The normalized spacial score (nSPS) is 12.1. The molecule has 110 valence electrons. The second-order valence-electron chi connectivity index (χ2n) is 5.08. The molecule has 0 radical (unpaired) electrons. The molecular weight excluding hydrogens is 284 g/mol. The van der Waals surface area contributed by atoms with E-state index in [0.717, 1.165) is 22.8 Å². The van der Waals surface area contributed by atoms with E-state index in [9.17, 15) is 8.42 Å². The SMILES string of the molecule is CCc1cccc2c1[nH]c1cc(NS(=O)(=O)CC)ccc12. The zero-order valence-electron chi connectivity index (χ0n) is 12.1. The lowest BCUT2D eigenvalue weighted by Crippen LogP contribution is -2.14. The molecule has 21 heavy (non-hydrogen) atoms. The van der Waals surface area contributed by atoms with Crippen molar-refractivity contribution >= 4 is 37.5 Å². The molecule has 0 saturated heterocycles. The molecule has 0 saturated carbocycles. The summed E-state index contributed by atoms with van der Waals surface area (Å²) in [6, 6.07) is 11.9. The maximum Gasteiger partial charge on any atom is 0.232 e. The summed E-state index contributed by atoms with van der Waals surface area (Å²) < 4.78 is 25.9. The summed E-state index contributed by atoms with van der Waals surface area (Å²) in [5.41, 5.74) is 3.93. The third-order valence-electron chi connectivity index (χ3n) is 3.75. The Morgan fingerprint density at radius 3 is 2.62 bits per heavy atom. The van der Waals surface area contributed by atoms with Crippen LogP contribution in [0, 0.1) is 0 Å². The van der Waals surface area contributed by atoms with E-state index in [-0.39, 0.29) is 5.75 Å². The number of aromatic nitrogens is 1. The van der Waals surface area contributed by atoms with Crippen molar-refractivity contribution in [3.05, 3.63) is 42.0 Å². The third-order valence-corrected chi connectivity index (χ3v) is 5.06. The minimum absolute atomic E-state index is 0.0672. The quantitative estimate of drug-likeness (QED) is 0.773. The minimum atomic E-state index is -3.25. The highest BCUT2D eigenvalue weighted by molar-refractivity contribution is 7.92. The maximum atomic E-state index is 11.7. The number of hydrogen-bond donors (Lipinski definition) is 2. The van der Waals surface area contributed by atoms with Crippen LogP contribution in [0.1, 0.15) is 19.4 Å². The summed E-state index contributed by atoms with van der Waals surface area (Å²) in [6.45, 7) is 3.75. The van der Waals surface area contributed by atoms with Crippen molar-refractivity contribution in [3.63, 3.8) is 0 Å². The monoisotopic (exact) mass is 302 g/mol. The Bertz CT molecular complexity index is 911. The van der Waals surface area contributed by atoms with Crippen LogP contribution in [0.3, 0.4) is 0 Å². The Labute approximate surface area is 124 Å². The number of nitrogens with one attached hydrogen (secondary N) is 2. The first kappa shape index (κ1) is 13.9. The van der Waals surface area contributed by atoms with Gasteiger partial charge in [0.1, 0.15) is 0 Å². The van der Waals surface area contributed by atoms with Gasteiger partial charge in [0.2, 0.25) is 10.0 Å². The highest BCUT2D eigenvalue weighted by Crippen LogP contribution is 2.29. The number of para-hydroxylation sites is 1. The van der Waals surface area contributed by atoms with Gasteiger partial charge in [-0.3, -0.25) is 4.72 Å². The predicted molar refractivity (Wildman–Crippen MR) is 88.3 cm³/mol. The summed E-state index contributed by atoms with van der Waals surface area (Å²) in [7, 11) is -3.25. The number of anilines is 1. The molecule has 0 bridgehead atoms. The average molecular weight is 302 g/mol. The van der Waals surface area contributed by atoms with E-state index in [4.69, 9.17) is 0 Å². The molecule has 1 aromatic heterocycles. The Hall–Kier alpha value is -2.01. The fourth-order valence-corrected chi connectivity index (χ4v) is 3.23. The summed E-state index contributed by atoms with van der Waals surface area (Å²) in [5, 5.41) is 2.29. The van der Waals surface area contributed by atoms with E-state index >= 15 is 0 Å². The smallest absolute Gasteiger partial charge is 0.232 e. The molecule has 3 aromatic rings. The van der Waals surface area contributed by atoms with Gasteiger partial charge in [0, 0.05) is 21.8 Å².